The van der Waals surface area contributed by atoms with Gasteiger partial charge >= 0.3 is 0 Å². The fraction of sp³-hybridized carbons (Fsp3) is 0.444. The van der Waals surface area contributed by atoms with Gasteiger partial charge in [0.2, 0.25) is 0 Å². The molecule has 1 aliphatic rings. The van der Waals surface area contributed by atoms with Crippen LogP contribution in [0.5, 0.6) is 5.75 Å². The van der Waals surface area contributed by atoms with E-state index in [9.17, 15) is 4.79 Å². The minimum atomic E-state index is -0.0849. The van der Waals surface area contributed by atoms with Crippen LogP contribution in [0.25, 0.3) is 10.6 Å². The Balaban J connectivity index is 0.00000169. The van der Waals surface area contributed by atoms with Crippen LogP contribution in [-0.2, 0) is 0 Å². The summed E-state index contributed by atoms with van der Waals surface area (Å²) in [6, 6.07) is 7.84. The van der Waals surface area contributed by atoms with Crippen molar-refractivity contribution >= 4 is 42.1 Å². The van der Waals surface area contributed by atoms with Crippen molar-refractivity contribution in [2.24, 2.45) is 11.7 Å². The molecular formula is C18H25Cl2N3O2S. The highest BCUT2D eigenvalue weighted by Gasteiger charge is 2.28. The summed E-state index contributed by atoms with van der Waals surface area (Å²) < 4.78 is 5.45. The quantitative estimate of drug-likeness (QED) is 0.717. The number of amides is 1. The Kier molecular flexibility index (Phi) is 8.83. The molecule has 1 aliphatic carbocycles. The van der Waals surface area contributed by atoms with E-state index in [-0.39, 0.29) is 36.8 Å². The van der Waals surface area contributed by atoms with Gasteiger partial charge in [-0.15, -0.1) is 36.2 Å². The molecule has 1 atom stereocenters. The van der Waals surface area contributed by atoms with Crippen LogP contribution < -0.4 is 15.8 Å². The molecule has 0 saturated heterocycles. The number of thiazole rings is 1. The molecule has 1 amide bonds. The second-order valence-electron chi connectivity index (χ2n) is 6.10. The van der Waals surface area contributed by atoms with E-state index in [1.807, 2.05) is 38.1 Å². The summed E-state index contributed by atoms with van der Waals surface area (Å²) >= 11 is 1.41. The van der Waals surface area contributed by atoms with Crippen molar-refractivity contribution in [3.05, 3.63) is 34.8 Å². The van der Waals surface area contributed by atoms with Crippen molar-refractivity contribution in [2.75, 3.05) is 13.2 Å². The van der Waals surface area contributed by atoms with Gasteiger partial charge in [0, 0.05) is 18.2 Å². The number of carbonyl (C=O) groups excluding carboxylic acids is 1. The monoisotopic (exact) mass is 417 g/mol. The van der Waals surface area contributed by atoms with Gasteiger partial charge in [-0.3, -0.25) is 4.79 Å². The average molecular weight is 418 g/mol. The maximum absolute atomic E-state index is 12.4. The summed E-state index contributed by atoms with van der Waals surface area (Å²) in [5, 5.41) is 3.78. The molecule has 26 heavy (non-hydrogen) atoms. The summed E-state index contributed by atoms with van der Waals surface area (Å²) in [5.41, 5.74) is 7.78. The Morgan fingerprint density at radius 2 is 2.00 bits per heavy atom. The van der Waals surface area contributed by atoms with Gasteiger partial charge in [-0.25, -0.2) is 4.98 Å². The highest BCUT2D eigenvalue weighted by Crippen LogP contribution is 2.31. The molecule has 1 fully saturated rings. The topological polar surface area (TPSA) is 77.2 Å². The summed E-state index contributed by atoms with van der Waals surface area (Å²) in [5.74, 6) is 1.33. The van der Waals surface area contributed by atoms with E-state index in [4.69, 9.17) is 10.5 Å². The first-order valence-electron chi connectivity index (χ1n) is 8.33. The predicted molar refractivity (Wildman–Crippen MR) is 111 cm³/mol. The van der Waals surface area contributed by atoms with Crippen LogP contribution >= 0.6 is 36.2 Å². The van der Waals surface area contributed by atoms with Crippen molar-refractivity contribution < 1.29 is 9.53 Å². The van der Waals surface area contributed by atoms with E-state index < -0.39 is 0 Å². The van der Waals surface area contributed by atoms with E-state index in [0.717, 1.165) is 22.0 Å². The Morgan fingerprint density at radius 3 is 2.58 bits per heavy atom. The minimum absolute atomic E-state index is 0. The van der Waals surface area contributed by atoms with Gasteiger partial charge in [-0.1, -0.05) is 0 Å². The van der Waals surface area contributed by atoms with Crippen LogP contribution in [0.15, 0.2) is 24.3 Å². The molecular weight excluding hydrogens is 393 g/mol. The Bertz CT molecular complexity index is 718. The molecule has 3 rings (SSSR count). The van der Waals surface area contributed by atoms with Crippen LogP contribution in [-0.4, -0.2) is 30.1 Å². The molecule has 1 unspecified atom stereocenters. The van der Waals surface area contributed by atoms with Crippen LogP contribution in [0.4, 0.5) is 0 Å². The number of aryl methyl sites for hydroxylation is 1. The zero-order valence-electron chi connectivity index (χ0n) is 14.9. The van der Waals surface area contributed by atoms with E-state index >= 15 is 0 Å². The zero-order chi connectivity index (χ0) is 17.1. The lowest BCUT2D eigenvalue weighted by molar-refractivity contribution is 0.0953. The smallest absolute Gasteiger partial charge is 0.263 e. The van der Waals surface area contributed by atoms with Gasteiger partial charge in [-0.05, 0) is 56.9 Å². The first kappa shape index (κ1) is 22.7. The molecule has 0 spiro atoms. The van der Waals surface area contributed by atoms with Gasteiger partial charge in [0.15, 0.2) is 0 Å². The number of nitrogens with zero attached hydrogens (tertiary/aromatic N) is 1. The van der Waals surface area contributed by atoms with E-state index in [1.165, 1.54) is 24.2 Å². The Morgan fingerprint density at radius 1 is 1.35 bits per heavy atom. The van der Waals surface area contributed by atoms with Crippen molar-refractivity contribution in [1.29, 1.82) is 0 Å². The van der Waals surface area contributed by atoms with Gasteiger partial charge in [0.25, 0.3) is 5.91 Å². The fourth-order valence-electron chi connectivity index (χ4n) is 2.57. The third-order valence-corrected chi connectivity index (χ3v) is 5.35. The lowest BCUT2D eigenvalue weighted by Gasteiger charge is -2.10. The molecule has 0 aliphatic heterocycles. The summed E-state index contributed by atoms with van der Waals surface area (Å²) in [6.45, 7) is 4.99. The number of ether oxygens (including phenoxy) is 1. The highest BCUT2D eigenvalue weighted by atomic mass is 35.5. The molecule has 0 radical (unpaired) electrons. The van der Waals surface area contributed by atoms with Crippen LogP contribution in [0.1, 0.15) is 35.1 Å². The van der Waals surface area contributed by atoms with Crippen molar-refractivity contribution in [3.63, 3.8) is 0 Å². The maximum Gasteiger partial charge on any atom is 0.263 e. The number of hydrogen-bond acceptors (Lipinski definition) is 5. The van der Waals surface area contributed by atoms with Crippen molar-refractivity contribution in [2.45, 2.75) is 32.7 Å². The first-order chi connectivity index (χ1) is 11.6. The van der Waals surface area contributed by atoms with Crippen LogP contribution in [0.3, 0.4) is 0 Å². The van der Waals surface area contributed by atoms with E-state index in [2.05, 4.69) is 10.3 Å². The SMILES string of the molecule is CCOc1ccc(-c2nc(C)c(C(=O)NCC(N)C3CC3)s2)cc1.Cl.Cl. The Hall–Kier alpha value is -1.34. The second-order valence-corrected chi connectivity index (χ2v) is 7.10. The average Bonchev–Trinajstić information content (AvgIpc) is 3.36. The fourth-order valence-corrected chi connectivity index (χ4v) is 3.56. The van der Waals surface area contributed by atoms with Crippen molar-refractivity contribution in [1.82, 2.24) is 10.3 Å². The molecule has 0 bridgehead atoms. The molecule has 5 nitrogen and oxygen atoms in total. The third-order valence-electron chi connectivity index (χ3n) is 4.14. The number of halogens is 2. The maximum atomic E-state index is 12.4. The standard InChI is InChI=1S/C18H23N3O2S.2ClH/c1-3-23-14-8-6-13(7-9-14)18-21-11(2)16(24-18)17(22)20-10-15(19)12-4-5-12;;/h6-9,12,15H,3-5,10,19H2,1-2H3,(H,20,22);2*1H. The van der Waals surface area contributed by atoms with Gasteiger partial charge < -0.3 is 15.8 Å². The van der Waals surface area contributed by atoms with E-state index in [1.54, 1.807) is 0 Å². The predicted octanol–water partition coefficient (Wildman–Crippen LogP) is 3.83. The Labute approximate surface area is 170 Å². The number of carbonyl (C=O) groups is 1. The molecule has 1 heterocycles. The molecule has 3 N–H and O–H groups in total. The number of rotatable bonds is 7. The van der Waals surface area contributed by atoms with Gasteiger partial charge in [0.05, 0.1) is 12.3 Å². The summed E-state index contributed by atoms with van der Waals surface area (Å²) in [7, 11) is 0. The molecule has 2 aromatic rings. The molecule has 1 aromatic carbocycles. The molecule has 1 aromatic heterocycles. The zero-order valence-corrected chi connectivity index (χ0v) is 17.3. The minimum Gasteiger partial charge on any atom is -0.494 e. The number of nitrogens with two attached hydrogens (primary N) is 1. The summed E-state index contributed by atoms with van der Waals surface area (Å²) in [6.07, 6.45) is 2.36. The molecule has 144 valence electrons. The number of hydrogen-bond donors (Lipinski definition) is 2. The number of benzene rings is 1. The van der Waals surface area contributed by atoms with Gasteiger partial charge in [-0.2, -0.15) is 0 Å². The normalized spacial score (nSPS) is 14.0. The van der Waals surface area contributed by atoms with E-state index in [0.29, 0.717) is 23.9 Å². The first-order valence-corrected chi connectivity index (χ1v) is 9.14. The second kappa shape index (κ2) is 10.1. The number of nitrogens with one attached hydrogen (secondary N) is 1. The van der Waals surface area contributed by atoms with Crippen molar-refractivity contribution in [3.8, 4) is 16.3 Å². The lowest BCUT2D eigenvalue weighted by atomic mass is 10.2. The van der Waals surface area contributed by atoms with Crippen LogP contribution in [0, 0.1) is 12.8 Å². The summed E-state index contributed by atoms with van der Waals surface area (Å²) in [4.78, 5) is 17.6. The lowest BCUT2D eigenvalue weighted by Crippen LogP contribution is -2.38. The number of aromatic nitrogens is 1. The van der Waals surface area contributed by atoms with Crippen LogP contribution in [0.2, 0.25) is 0 Å². The third kappa shape index (κ3) is 5.58. The van der Waals surface area contributed by atoms with Gasteiger partial charge in [0.1, 0.15) is 15.6 Å². The highest BCUT2D eigenvalue weighted by molar-refractivity contribution is 7.17. The molecule has 8 heteroatoms. The largest absolute Gasteiger partial charge is 0.494 e. The molecule has 1 saturated carbocycles.